The number of fused-ring (bicyclic) bond motifs is 1. The highest BCUT2D eigenvalue weighted by Gasteiger charge is 2.14. The van der Waals surface area contributed by atoms with Gasteiger partial charge in [-0.2, -0.15) is 5.26 Å². The summed E-state index contributed by atoms with van der Waals surface area (Å²) in [5, 5.41) is 11.8. The molecule has 0 aromatic carbocycles. The predicted molar refractivity (Wildman–Crippen MR) is 51.9 cm³/mol. The fourth-order valence-corrected chi connectivity index (χ4v) is 1.56. The highest BCUT2D eigenvalue weighted by molar-refractivity contribution is 5.54. The maximum atomic E-state index is 8.88. The van der Waals surface area contributed by atoms with Crippen molar-refractivity contribution in [1.82, 2.24) is 4.98 Å². The minimum Gasteiger partial charge on any atom is -0.376 e. The van der Waals surface area contributed by atoms with E-state index in [4.69, 9.17) is 10.00 Å². The van der Waals surface area contributed by atoms with Crippen LogP contribution in [0.15, 0.2) is 6.07 Å². The van der Waals surface area contributed by atoms with Gasteiger partial charge in [0.1, 0.15) is 11.9 Å². The zero-order valence-corrected chi connectivity index (χ0v) is 8.00. The molecule has 0 atom stereocenters. The number of nitrogens with one attached hydrogen (secondary N) is 1. The van der Waals surface area contributed by atoms with E-state index in [0.29, 0.717) is 18.0 Å². The van der Waals surface area contributed by atoms with E-state index >= 15 is 0 Å². The summed E-state index contributed by atoms with van der Waals surface area (Å²) in [6, 6.07) is 3.97. The molecule has 4 nitrogen and oxygen atoms in total. The highest BCUT2D eigenvalue weighted by Crippen LogP contribution is 2.20. The number of aromatic nitrogens is 1. The summed E-state index contributed by atoms with van der Waals surface area (Å²) < 4.78 is 5.30. The van der Waals surface area contributed by atoms with E-state index in [1.54, 1.807) is 7.05 Å². The van der Waals surface area contributed by atoms with E-state index in [-0.39, 0.29) is 0 Å². The third-order valence-corrected chi connectivity index (χ3v) is 2.29. The maximum Gasteiger partial charge on any atom is 0.143 e. The molecule has 4 heteroatoms. The number of nitriles is 1. The normalized spacial score (nSPS) is 14.3. The molecule has 1 aliphatic heterocycles. The van der Waals surface area contributed by atoms with Crippen LogP contribution in [0, 0.1) is 11.3 Å². The standard InChI is InChI=1S/C10H11N3O/c1-12-10-7(5-11)4-8-6-14-3-2-9(8)13-10/h4H,2-3,6H2,1H3,(H,12,13). The summed E-state index contributed by atoms with van der Waals surface area (Å²) >= 11 is 0. The van der Waals surface area contributed by atoms with E-state index in [0.717, 1.165) is 24.3 Å². The smallest absolute Gasteiger partial charge is 0.143 e. The molecule has 1 N–H and O–H groups in total. The molecule has 2 rings (SSSR count). The van der Waals surface area contributed by atoms with E-state index in [9.17, 15) is 0 Å². The molecule has 0 spiro atoms. The molecule has 14 heavy (non-hydrogen) atoms. The van der Waals surface area contributed by atoms with Crippen molar-refractivity contribution in [2.75, 3.05) is 19.0 Å². The maximum absolute atomic E-state index is 8.88. The van der Waals surface area contributed by atoms with Crippen molar-refractivity contribution in [3.8, 4) is 6.07 Å². The first-order valence-corrected chi connectivity index (χ1v) is 4.53. The van der Waals surface area contributed by atoms with E-state index in [1.807, 2.05) is 6.07 Å². The second-order valence-electron chi connectivity index (χ2n) is 3.15. The van der Waals surface area contributed by atoms with Crippen LogP contribution in [-0.4, -0.2) is 18.6 Å². The van der Waals surface area contributed by atoms with Gasteiger partial charge in [-0.3, -0.25) is 0 Å². The summed E-state index contributed by atoms with van der Waals surface area (Å²) in [5.74, 6) is 0.660. The lowest BCUT2D eigenvalue weighted by molar-refractivity contribution is 0.109. The van der Waals surface area contributed by atoms with Crippen LogP contribution in [0.5, 0.6) is 0 Å². The third kappa shape index (κ3) is 1.42. The molecule has 1 aromatic rings. The Morgan fingerprint density at radius 1 is 1.64 bits per heavy atom. The van der Waals surface area contributed by atoms with Gasteiger partial charge in [-0.15, -0.1) is 0 Å². The fraction of sp³-hybridized carbons (Fsp3) is 0.400. The van der Waals surface area contributed by atoms with Crippen LogP contribution in [0.2, 0.25) is 0 Å². The first-order valence-electron chi connectivity index (χ1n) is 4.53. The quantitative estimate of drug-likeness (QED) is 0.717. The van der Waals surface area contributed by atoms with Crippen LogP contribution in [0.3, 0.4) is 0 Å². The number of anilines is 1. The first kappa shape index (κ1) is 8.97. The van der Waals surface area contributed by atoms with Crippen LogP contribution < -0.4 is 5.32 Å². The van der Waals surface area contributed by atoms with Crippen LogP contribution in [-0.2, 0) is 17.8 Å². The first-order chi connectivity index (χ1) is 6.85. The Morgan fingerprint density at radius 2 is 2.50 bits per heavy atom. The molecule has 0 fully saturated rings. The predicted octanol–water partition coefficient (Wildman–Crippen LogP) is 1.07. The topological polar surface area (TPSA) is 57.9 Å². The second-order valence-corrected chi connectivity index (χ2v) is 3.15. The molecule has 0 amide bonds. The summed E-state index contributed by atoms with van der Waals surface area (Å²) in [4.78, 5) is 4.39. The van der Waals surface area contributed by atoms with Gasteiger partial charge in [0.15, 0.2) is 0 Å². The molecule has 72 valence electrons. The van der Waals surface area contributed by atoms with Crippen molar-refractivity contribution in [3.05, 3.63) is 22.9 Å². The largest absolute Gasteiger partial charge is 0.376 e. The van der Waals surface area contributed by atoms with Crippen LogP contribution in [0.25, 0.3) is 0 Å². The second kappa shape index (κ2) is 3.64. The zero-order chi connectivity index (χ0) is 9.97. The van der Waals surface area contributed by atoms with Gasteiger partial charge in [-0.1, -0.05) is 0 Å². The van der Waals surface area contributed by atoms with Gasteiger partial charge < -0.3 is 10.1 Å². The molecule has 1 aliphatic rings. The van der Waals surface area contributed by atoms with Crippen molar-refractivity contribution >= 4 is 5.82 Å². The number of hydrogen-bond donors (Lipinski definition) is 1. The zero-order valence-electron chi connectivity index (χ0n) is 8.00. The monoisotopic (exact) mass is 189 g/mol. The Morgan fingerprint density at radius 3 is 3.21 bits per heavy atom. The minimum atomic E-state index is 0.570. The molecule has 0 unspecified atom stereocenters. The van der Waals surface area contributed by atoms with Gasteiger partial charge in [-0.25, -0.2) is 4.98 Å². The van der Waals surface area contributed by atoms with Crippen LogP contribution >= 0.6 is 0 Å². The molecular weight excluding hydrogens is 178 g/mol. The number of pyridine rings is 1. The molecule has 0 saturated carbocycles. The Hall–Kier alpha value is -1.60. The van der Waals surface area contributed by atoms with Crippen molar-refractivity contribution in [1.29, 1.82) is 5.26 Å². The third-order valence-electron chi connectivity index (χ3n) is 2.29. The van der Waals surface area contributed by atoms with Gasteiger partial charge in [0, 0.05) is 19.0 Å². The van der Waals surface area contributed by atoms with E-state index in [2.05, 4.69) is 16.4 Å². The molecular formula is C10H11N3O. The molecule has 0 radical (unpaired) electrons. The van der Waals surface area contributed by atoms with Crippen molar-refractivity contribution in [3.63, 3.8) is 0 Å². The number of rotatable bonds is 1. The molecule has 0 saturated heterocycles. The highest BCUT2D eigenvalue weighted by atomic mass is 16.5. The lowest BCUT2D eigenvalue weighted by Crippen LogP contribution is -2.13. The Labute approximate surface area is 82.5 Å². The van der Waals surface area contributed by atoms with Gasteiger partial charge >= 0.3 is 0 Å². The average molecular weight is 189 g/mol. The SMILES string of the molecule is CNc1nc2c(cc1C#N)COCC2. The summed E-state index contributed by atoms with van der Waals surface area (Å²) in [7, 11) is 1.77. The van der Waals surface area contributed by atoms with Crippen molar-refractivity contribution < 1.29 is 4.74 Å². The van der Waals surface area contributed by atoms with Gasteiger partial charge in [0.05, 0.1) is 24.5 Å². The lowest BCUT2D eigenvalue weighted by Gasteiger charge is -2.16. The van der Waals surface area contributed by atoms with Gasteiger partial charge in [-0.05, 0) is 6.07 Å². The Bertz CT molecular complexity index is 395. The number of ether oxygens (including phenoxy) is 1. The number of nitrogens with zero attached hydrogens (tertiary/aromatic N) is 2. The van der Waals surface area contributed by atoms with Crippen molar-refractivity contribution in [2.24, 2.45) is 0 Å². The van der Waals surface area contributed by atoms with Crippen molar-refractivity contribution in [2.45, 2.75) is 13.0 Å². The average Bonchev–Trinajstić information content (AvgIpc) is 2.27. The molecule has 1 aromatic heterocycles. The fourth-order valence-electron chi connectivity index (χ4n) is 1.56. The van der Waals surface area contributed by atoms with Crippen LogP contribution in [0.1, 0.15) is 16.8 Å². The Balaban J connectivity index is 2.50. The molecule has 2 heterocycles. The summed E-state index contributed by atoms with van der Waals surface area (Å²) in [6.45, 7) is 1.29. The summed E-state index contributed by atoms with van der Waals surface area (Å²) in [6.07, 6.45) is 0.829. The van der Waals surface area contributed by atoms with E-state index in [1.165, 1.54) is 0 Å². The molecule has 0 aliphatic carbocycles. The van der Waals surface area contributed by atoms with Crippen LogP contribution in [0.4, 0.5) is 5.82 Å². The van der Waals surface area contributed by atoms with Gasteiger partial charge in [0.25, 0.3) is 0 Å². The Kier molecular flexibility index (Phi) is 2.33. The van der Waals surface area contributed by atoms with E-state index < -0.39 is 0 Å². The lowest BCUT2D eigenvalue weighted by atomic mass is 10.1. The minimum absolute atomic E-state index is 0.570. The molecule has 0 bridgehead atoms. The van der Waals surface area contributed by atoms with Gasteiger partial charge in [0.2, 0.25) is 0 Å². The summed E-state index contributed by atoms with van der Waals surface area (Å²) in [5.41, 5.74) is 2.66. The number of hydrogen-bond acceptors (Lipinski definition) is 4.